The minimum atomic E-state index is 0.0359. The van der Waals surface area contributed by atoms with Gasteiger partial charge in [0.1, 0.15) is 0 Å². The summed E-state index contributed by atoms with van der Waals surface area (Å²) in [7, 11) is 0. The molecular weight excluding hydrogens is 172 g/mol. The first kappa shape index (κ1) is 9.86. The van der Waals surface area contributed by atoms with Crippen LogP contribution < -0.4 is 10.6 Å². The van der Waals surface area contributed by atoms with Crippen molar-refractivity contribution in [2.24, 2.45) is 5.92 Å². The summed E-state index contributed by atoms with van der Waals surface area (Å²) in [4.78, 5) is 11.4. The molecule has 0 aromatic rings. The van der Waals surface area contributed by atoms with Crippen LogP contribution in [0.5, 0.6) is 0 Å². The minimum absolute atomic E-state index is 0.0359. The van der Waals surface area contributed by atoms with E-state index in [1.807, 2.05) is 0 Å². The molecule has 0 spiro atoms. The number of amides is 1. The third-order valence-electron chi connectivity index (χ3n) is 1.72. The summed E-state index contributed by atoms with van der Waals surface area (Å²) < 4.78 is 0. The first-order chi connectivity index (χ1) is 5.70. The van der Waals surface area contributed by atoms with Crippen LogP contribution in [0.25, 0.3) is 0 Å². The summed E-state index contributed by atoms with van der Waals surface area (Å²) >= 11 is 1.77. The van der Waals surface area contributed by atoms with E-state index in [1.54, 1.807) is 11.8 Å². The zero-order valence-corrected chi connectivity index (χ0v) is 8.41. The van der Waals surface area contributed by atoms with Crippen molar-refractivity contribution in [3.63, 3.8) is 0 Å². The van der Waals surface area contributed by atoms with E-state index in [0.717, 1.165) is 18.2 Å². The second-order valence-electron chi connectivity index (χ2n) is 3.41. The van der Waals surface area contributed by atoms with Gasteiger partial charge in [0.25, 0.3) is 0 Å². The van der Waals surface area contributed by atoms with Gasteiger partial charge in [0, 0.05) is 18.2 Å². The SMILES string of the molecule is CC(C)CNC(=O)C1CSCN1. The van der Waals surface area contributed by atoms with Crippen molar-refractivity contribution in [3.05, 3.63) is 0 Å². The van der Waals surface area contributed by atoms with E-state index in [1.165, 1.54) is 0 Å². The van der Waals surface area contributed by atoms with Crippen LogP contribution in [0.4, 0.5) is 0 Å². The standard InChI is InChI=1S/C8H16N2OS/c1-6(2)3-9-8(11)7-4-12-5-10-7/h6-7,10H,3-5H2,1-2H3,(H,9,11). The lowest BCUT2D eigenvalue weighted by atomic mass is 10.2. The monoisotopic (exact) mass is 188 g/mol. The van der Waals surface area contributed by atoms with Crippen molar-refractivity contribution in [1.29, 1.82) is 0 Å². The highest BCUT2D eigenvalue weighted by atomic mass is 32.2. The van der Waals surface area contributed by atoms with Crippen LogP contribution in [-0.4, -0.2) is 30.1 Å². The molecule has 0 aliphatic carbocycles. The Kier molecular flexibility index (Phi) is 3.88. The Morgan fingerprint density at radius 3 is 3.00 bits per heavy atom. The molecule has 1 rings (SSSR count). The zero-order chi connectivity index (χ0) is 8.97. The summed E-state index contributed by atoms with van der Waals surface area (Å²) in [6, 6.07) is 0.0359. The molecule has 12 heavy (non-hydrogen) atoms. The molecule has 0 aromatic carbocycles. The average molecular weight is 188 g/mol. The molecule has 3 nitrogen and oxygen atoms in total. The summed E-state index contributed by atoms with van der Waals surface area (Å²) in [6.45, 7) is 4.97. The van der Waals surface area contributed by atoms with Crippen molar-refractivity contribution in [2.75, 3.05) is 18.2 Å². The Labute approximate surface area is 77.7 Å². The Morgan fingerprint density at radius 1 is 1.75 bits per heavy atom. The highest BCUT2D eigenvalue weighted by Crippen LogP contribution is 2.09. The molecule has 4 heteroatoms. The molecule has 1 atom stereocenters. The number of carbonyl (C=O) groups excluding carboxylic acids is 1. The second kappa shape index (κ2) is 4.72. The van der Waals surface area contributed by atoms with E-state index in [0.29, 0.717) is 5.92 Å². The first-order valence-corrected chi connectivity index (χ1v) is 5.44. The van der Waals surface area contributed by atoms with Gasteiger partial charge in [0.05, 0.1) is 6.04 Å². The van der Waals surface area contributed by atoms with Gasteiger partial charge in [-0.25, -0.2) is 0 Å². The molecule has 2 N–H and O–H groups in total. The van der Waals surface area contributed by atoms with Crippen LogP contribution in [0.1, 0.15) is 13.8 Å². The predicted molar refractivity (Wildman–Crippen MR) is 52.1 cm³/mol. The molecule has 1 amide bonds. The summed E-state index contributed by atoms with van der Waals surface area (Å²) in [5.74, 6) is 2.49. The summed E-state index contributed by atoms with van der Waals surface area (Å²) in [5, 5.41) is 6.04. The Hall–Kier alpha value is -0.220. The number of nitrogens with one attached hydrogen (secondary N) is 2. The molecule has 1 aliphatic heterocycles. The average Bonchev–Trinajstić information content (AvgIpc) is 2.51. The zero-order valence-electron chi connectivity index (χ0n) is 7.59. The number of hydrogen-bond acceptors (Lipinski definition) is 3. The maximum atomic E-state index is 11.4. The van der Waals surface area contributed by atoms with Crippen molar-refractivity contribution >= 4 is 17.7 Å². The van der Waals surface area contributed by atoms with Crippen LogP contribution in [0.15, 0.2) is 0 Å². The maximum absolute atomic E-state index is 11.4. The van der Waals surface area contributed by atoms with Crippen LogP contribution in [0.2, 0.25) is 0 Å². The molecule has 0 saturated carbocycles. The third-order valence-corrected chi connectivity index (χ3v) is 2.66. The van der Waals surface area contributed by atoms with Gasteiger partial charge in [-0.1, -0.05) is 13.8 Å². The number of thioether (sulfide) groups is 1. The molecule has 70 valence electrons. The topological polar surface area (TPSA) is 41.1 Å². The van der Waals surface area contributed by atoms with Crippen LogP contribution >= 0.6 is 11.8 Å². The molecule has 1 aliphatic rings. The van der Waals surface area contributed by atoms with Gasteiger partial charge >= 0.3 is 0 Å². The molecule has 1 heterocycles. The van der Waals surface area contributed by atoms with Crippen molar-refractivity contribution < 1.29 is 4.79 Å². The highest BCUT2D eigenvalue weighted by Gasteiger charge is 2.21. The lowest BCUT2D eigenvalue weighted by Crippen LogP contribution is -2.43. The van der Waals surface area contributed by atoms with Gasteiger partial charge in [0.2, 0.25) is 5.91 Å². The van der Waals surface area contributed by atoms with Crippen LogP contribution in [-0.2, 0) is 4.79 Å². The maximum Gasteiger partial charge on any atom is 0.238 e. The van der Waals surface area contributed by atoms with Crippen molar-refractivity contribution in [2.45, 2.75) is 19.9 Å². The number of rotatable bonds is 3. The minimum Gasteiger partial charge on any atom is -0.354 e. The Morgan fingerprint density at radius 2 is 2.50 bits per heavy atom. The van der Waals surface area contributed by atoms with Crippen molar-refractivity contribution in [3.8, 4) is 0 Å². The van der Waals surface area contributed by atoms with E-state index in [9.17, 15) is 4.79 Å². The van der Waals surface area contributed by atoms with Crippen LogP contribution in [0.3, 0.4) is 0 Å². The molecule has 0 radical (unpaired) electrons. The molecule has 1 unspecified atom stereocenters. The largest absolute Gasteiger partial charge is 0.354 e. The van der Waals surface area contributed by atoms with E-state index >= 15 is 0 Å². The quantitative estimate of drug-likeness (QED) is 0.674. The first-order valence-electron chi connectivity index (χ1n) is 4.29. The molecule has 0 bridgehead atoms. The van der Waals surface area contributed by atoms with Gasteiger partial charge in [0.15, 0.2) is 0 Å². The van der Waals surface area contributed by atoms with Gasteiger partial charge in [-0.2, -0.15) is 0 Å². The van der Waals surface area contributed by atoms with Gasteiger partial charge < -0.3 is 5.32 Å². The molecule has 1 saturated heterocycles. The fourth-order valence-electron chi connectivity index (χ4n) is 0.992. The Bertz CT molecular complexity index is 155. The van der Waals surface area contributed by atoms with E-state index in [2.05, 4.69) is 24.5 Å². The molecular formula is C8H16N2OS. The van der Waals surface area contributed by atoms with Gasteiger partial charge in [-0.05, 0) is 5.92 Å². The van der Waals surface area contributed by atoms with E-state index in [4.69, 9.17) is 0 Å². The normalized spacial score (nSPS) is 23.1. The molecule has 0 aromatic heterocycles. The second-order valence-corrected chi connectivity index (χ2v) is 4.44. The summed E-state index contributed by atoms with van der Waals surface area (Å²) in [5.41, 5.74) is 0. The number of carbonyl (C=O) groups is 1. The lowest BCUT2D eigenvalue weighted by molar-refractivity contribution is -0.122. The summed E-state index contributed by atoms with van der Waals surface area (Å²) in [6.07, 6.45) is 0. The van der Waals surface area contributed by atoms with E-state index < -0.39 is 0 Å². The fourth-order valence-corrected chi connectivity index (χ4v) is 1.93. The van der Waals surface area contributed by atoms with Crippen LogP contribution in [0, 0.1) is 5.92 Å². The van der Waals surface area contributed by atoms with Crippen molar-refractivity contribution in [1.82, 2.24) is 10.6 Å². The smallest absolute Gasteiger partial charge is 0.238 e. The highest BCUT2D eigenvalue weighted by molar-refractivity contribution is 7.99. The number of hydrogen-bond donors (Lipinski definition) is 2. The molecule has 1 fully saturated rings. The third kappa shape index (κ3) is 3.03. The lowest BCUT2D eigenvalue weighted by Gasteiger charge is -2.11. The van der Waals surface area contributed by atoms with Gasteiger partial charge in [-0.3, -0.25) is 10.1 Å². The van der Waals surface area contributed by atoms with Gasteiger partial charge in [-0.15, -0.1) is 11.8 Å². The fraction of sp³-hybridized carbons (Fsp3) is 0.875. The van der Waals surface area contributed by atoms with E-state index in [-0.39, 0.29) is 11.9 Å². The Balaban J connectivity index is 2.18. The predicted octanol–water partition coefficient (Wildman–Crippen LogP) is 0.421.